The molecule has 0 radical (unpaired) electrons. The van der Waals surface area contributed by atoms with Gasteiger partial charge in [0.2, 0.25) is 0 Å². The Morgan fingerprint density at radius 1 is 1.35 bits per heavy atom. The van der Waals surface area contributed by atoms with E-state index in [0.717, 1.165) is 25.2 Å². The molecule has 0 fully saturated rings. The summed E-state index contributed by atoms with van der Waals surface area (Å²) in [6, 6.07) is 8.86. The van der Waals surface area contributed by atoms with Gasteiger partial charge in [-0.2, -0.15) is 4.36 Å². The van der Waals surface area contributed by atoms with Gasteiger partial charge in [0.15, 0.2) is 0 Å². The van der Waals surface area contributed by atoms with E-state index in [4.69, 9.17) is 0 Å². The van der Waals surface area contributed by atoms with Crippen LogP contribution >= 0.6 is 0 Å². The number of fused-ring (bicyclic) bond motifs is 1. The summed E-state index contributed by atoms with van der Waals surface area (Å²) in [4.78, 5) is 17.0. The van der Waals surface area contributed by atoms with Crippen molar-refractivity contribution in [2.75, 3.05) is 6.26 Å². The van der Waals surface area contributed by atoms with Gasteiger partial charge in [0.1, 0.15) is 11.5 Å². The highest BCUT2D eigenvalue weighted by molar-refractivity contribution is 7.93. The summed E-state index contributed by atoms with van der Waals surface area (Å²) in [6.07, 6.45) is 4.89. The van der Waals surface area contributed by atoms with Gasteiger partial charge in [-0.15, -0.1) is 0 Å². The quantitative estimate of drug-likeness (QED) is 0.850. The molecule has 0 spiro atoms. The Morgan fingerprint density at radius 3 is 2.85 bits per heavy atom. The first-order valence-electron chi connectivity index (χ1n) is 6.44. The molecule has 3 rings (SSSR count). The molecule has 0 bridgehead atoms. The third kappa shape index (κ3) is 2.27. The molecule has 1 unspecified atom stereocenters. The van der Waals surface area contributed by atoms with E-state index >= 15 is 0 Å². The number of aryl methyl sites for hydroxylation is 1. The van der Waals surface area contributed by atoms with Gasteiger partial charge in [-0.1, -0.05) is 18.2 Å². The summed E-state index contributed by atoms with van der Waals surface area (Å²) in [7, 11) is -2.72. The van der Waals surface area contributed by atoms with Crippen LogP contribution in [0.15, 0.2) is 45.8 Å². The summed E-state index contributed by atoms with van der Waals surface area (Å²) in [5, 5.41) is 0. The van der Waals surface area contributed by atoms with Crippen molar-refractivity contribution >= 4 is 15.6 Å². The maximum Gasteiger partial charge on any atom is 0.303 e. The number of hydrogen-bond donors (Lipinski definition) is 0. The smallest absolute Gasteiger partial charge is 0.303 e. The minimum absolute atomic E-state index is 0.433. The van der Waals surface area contributed by atoms with Crippen LogP contribution in [-0.2, 0) is 22.7 Å². The molecule has 1 amide bonds. The van der Waals surface area contributed by atoms with E-state index in [1.54, 1.807) is 24.3 Å². The molecule has 104 valence electrons. The molecular weight excluding hydrogens is 274 g/mol. The zero-order valence-corrected chi connectivity index (χ0v) is 12.0. The van der Waals surface area contributed by atoms with Crippen molar-refractivity contribution in [1.82, 2.24) is 9.55 Å². The maximum atomic E-state index is 12.6. The fraction of sp³-hybridized carbons (Fsp3) is 0.286. The molecule has 0 N–H and O–H groups in total. The van der Waals surface area contributed by atoms with Crippen LogP contribution in [0.5, 0.6) is 0 Å². The number of benzene rings is 1. The van der Waals surface area contributed by atoms with E-state index in [2.05, 4.69) is 9.35 Å². The molecular formula is C14H15N3O2S. The third-order valence-corrected chi connectivity index (χ3v) is 5.04. The van der Waals surface area contributed by atoms with Gasteiger partial charge >= 0.3 is 5.91 Å². The highest BCUT2D eigenvalue weighted by atomic mass is 32.2. The average molecular weight is 289 g/mol. The van der Waals surface area contributed by atoms with Crippen LogP contribution in [0.2, 0.25) is 0 Å². The largest absolute Gasteiger partial charge is 0.324 e. The molecule has 2 heterocycles. The Labute approximate surface area is 117 Å². The molecule has 5 nitrogen and oxygen atoms in total. The number of nitrogens with zero attached hydrogens (tertiary/aromatic N) is 3. The SMILES string of the molecule is CS(=O)(=NC(=O)c1cnc2n1CCC2)c1ccccc1. The van der Waals surface area contributed by atoms with Gasteiger partial charge < -0.3 is 4.57 Å². The van der Waals surface area contributed by atoms with Crippen LogP contribution in [0.1, 0.15) is 22.7 Å². The molecule has 1 aliphatic heterocycles. The minimum Gasteiger partial charge on any atom is -0.324 e. The second kappa shape index (κ2) is 4.86. The number of hydrogen-bond acceptors (Lipinski definition) is 3. The van der Waals surface area contributed by atoms with Crippen molar-refractivity contribution in [2.45, 2.75) is 24.3 Å². The lowest BCUT2D eigenvalue weighted by molar-refractivity contribution is 0.0996. The predicted octanol–water partition coefficient (Wildman–Crippen LogP) is 2.13. The molecule has 6 heteroatoms. The summed E-state index contributed by atoms with van der Waals surface area (Å²) in [5.74, 6) is 0.452. The molecule has 0 aliphatic carbocycles. The molecule has 0 saturated heterocycles. The van der Waals surface area contributed by atoms with Crippen LogP contribution in [-0.4, -0.2) is 25.9 Å². The van der Waals surface area contributed by atoms with Crippen LogP contribution in [0.4, 0.5) is 0 Å². The zero-order chi connectivity index (χ0) is 14.2. The topological polar surface area (TPSA) is 64.3 Å². The third-order valence-electron chi connectivity index (χ3n) is 3.38. The average Bonchev–Trinajstić information content (AvgIpc) is 3.01. The first kappa shape index (κ1) is 13.1. The summed E-state index contributed by atoms with van der Waals surface area (Å²) in [5.41, 5.74) is 0.433. The maximum absolute atomic E-state index is 12.6. The Bertz CT molecular complexity index is 771. The lowest BCUT2D eigenvalue weighted by Gasteiger charge is -2.04. The van der Waals surface area contributed by atoms with Gasteiger partial charge in [-0.25, -0.2) is 9.19 Å². The number of rotatable bonds is 2. The van der Waals surface area contributed by atoms with Gasteiger partial charge in [0, 0.05) is 24.1 Å². The molecule has 1 aromatic carbocycles. The highest BCUT2D eigenvalue weighted by Gasteiger charge is 2.21. The first-order valence-corrected chi connectivity index (χ1v) is 8.36. The van der Waals surface area contributed by atoms with Gasteiger partial charge in [-0.3, -0.25) is 4.79 Å². The van der Waals surface area contributed by atoms with Crippen molar-refractivity contribution < 1.29 is 9.00 Å². The Morgan fingerprint density at radius 2 is 2.10 bits per heavy atom. The van der Waals surface area contributed by atoms with E-state index in [1.165, 1.54) is 12.5 Å². The summed E-state index contributed by atoms with van der Waals surface area (Å²) >= 11 is 0. The molecule has 0 saturated carbocycles. The molecule has 1 aromatic heterocycles. The van der Waals surface area contributed by atoms with E-state index in [9.17, 15) is 9.00 Å². The monoisotopic (exact) mass is 289 g/mol. The normalized spacial score (nSPS) is 16.4. The molecule has 2 aromatic rings. The van der Waals surface area contributed by atoms with Crippen molar-refractivity contribution in [1.29, 1.82) is 0 Å². The Balaban J connectivity index is 1.99. The van der Waals surface area contributed by atoms with E-state index in [1.807, 2.05) is 10.6 Å². The standard InChI is InChI=1S/C14H15N3O2S/c1-20(19,11-6-3-2-4-7-11)16-14(18)12-10-15-13-8-5-9-17(12)13/h2-4,6-7,10H,5,8-9H2,1H3. The van der Waals surface area contributed by atoms with Crippen molar-refractivity contribution in [3.8, 4) is 0 Å². The highest BCUT2D eigenvalue weighted by Crippen LogP contribution is 2.18. The lowest BCUT2D eigenvalue weighted by Crippen LogP contribution is -2.08. The molecule has 20 heavy (non-hydrogen) atoms. The van der Waals surface area contributed by atoms with Gasteiger partial charge in [0.25, 0.3) is 0 Å². The van der Waals surface area contributed by atoms with Crippen LogP contribution in [0, 0.1) is 0 Å². The number of carbonyl (C=O) groups is 1. The summed E-state index contributed by atoms with van der Waals surface area (Å²) in [6.45, 7) is 0.780. The Hall–Kier alpha value is -1.95. The number of aromatic nitrogens is 2. The second-order valence-corrected chi connectivity index (χ2v) is 7.09. The number of amides is 1. The second-order valence-electron chi connectivity index (χ2n) is 4.83. The fourth-order valence-corrected chi connectivity index (χ4v) is 3.54. The summed E-state index contributed by atoms with van der Waals surface area (Å²) < 4.78 is 18.4. The first-order chi connectivity index (χ1) is 9.58. The Kier molecular flexibility index (Phi) is 3.17. The van der Waals surface area contributed by atoms with Crippen molar-refractivity contribution in [3.05, 3.63) is 48.0 Å². The van der Waals surface area contributed by atoms with E-state index in [-0.39, 0.29) is 0 Å². The van der Waals surface area contributed by atoms with Crippen molar-refractivity contribution in [2.24, 2.45) is 4.36 Å². The van der Waals surface area contributed by atoms with Gasteiger partial charge in [0.05, 0.1) is 15.9 Å². The molecule has 1 aliphatic rings. The van der Waals surface area contributed by atoms with E-state index in [0.29, 0.717) is 10.6 Å². The number of imidazole rings is 1. The van der Waals surface area contributed by atoms with Crippen LogP contribution in [0.3, 0.4) is 0 Å². The minimum atomic E-state index is -2.72. The lowest BCUT2D eigenvalue weighted by atomic mass is 10.4. The van der Waals surface area contributed by atoms with E-state index < -0.39 is 15.6 Å². The fourth-order valence-electron chi connectivity index (χ4n) is 2.36. The predicted molar refractivity (Wildman–Crippen MR) is 76.1 cm³/mol. The van der Waals surface area contributed by atoms with Crippen LogP contribution in [0.25, 0.3) is 0 Å². The number of carbonyl (C=O) groups excluding carboxylic acids is 1. The molecule has 1 atom stereocenters. The zero-order valence-electron chi connectivity index (χ0n) is 11.2. The van der Waals surface area contributed by atoms with Crippen LogP contribution < -0.4 is 0 Å². The van der Waals surface area contributed by atoms with Crippen molar-refractivity contribution in [3.63, 3.8) is 0 Å². The van der Waals surface area contributed by atoms with Gasteiger partial charge in [-0.05, 0) is 18.6 Å².